The van der Waals surface area contributed by atoms with E-state index in [1.165, 1.54) is 6.92 Å². The maximum atomic E-state index is 12.0. The Morgan fingerprint density at radius 1 is 1.17 bits per heavy atom. The molecule has 23 heavy (non-hydrogen) atoms. The Morgan fingerprint density at radius 2 is 1.83 bits per heavy atom. The molecule has 7 heteroatoms. The fraction of sp³-hybridized carbons (Fsp3) is 0.500. The number of nitrogens with zero attached hydrogens (tertiary/aromatic N) is 1. The molecule has 1 aliphatic rings. The third kappa shape index (κ3) is 6.99. The Bertz CT molecular complexity index is 501. The van der Waals surface area contributed by atoms with Gasteiger partial charge in [0.1, 0.15) is 0 Å². The van der Waals surface area contributed by atoms with Gasteiger partial charge in [-0.05, 0) is 37.2 Å². The standard InChI is InChI=1S/C16H24N4O2.ClH/c1-13(21)19-15-5-3-14(4-6-15)16(22)18-7-2-10-20-11-8-17-9-12-20;/h3-6,17H,2,7-12H2,1H3,(H,18,22)(H,19,21);1H. The van der Waals surface area contributed by atoms with Gasteiger partial charge in [0, 0.05) is 50.9 Å². The van der Waals surface area contributed by atoms with E-state index < -0.39 is 0 Å². The van der Waals surface area contributed by atoms with Crippen molar-refractivity contribution < 1.29 is 9.59 Å². The normalized spacial score (nSPS) is 14.7. The largest absolute Gasteiger partial charge is 0.352 e. The second kappa shape index (κ2) is 10.2. The van der Waals surface area contributed by atoms with Gasteiger partial charge in [-0.15, -0.1) is 12.4 Å². The van der Waals surface area contributed by atoms with Crippen LogP contribution in [0.25, 0.3) is 0 Å². The van der Waals surface area contributed by atoms with Gasteiger partial charge in [-0.25, -0.2) is 0 Å². The maximum Gasteiger partial charge on any atom is 0.251 e. The number of hydrogen-bond donors (Lipinski definition) is 3. The van der Waals surface area contributed by atoms with E-state index in [0.717, 1.165) is 39.1 Å². The van der Waals surface area contributed by atoms with Crippen molar-refractivity contribution in [2.24, 2.45) is 0 Å². The van der Waals surface area contributed by atoms with E-state index in [-0.39, 0.29) is 24.2 Å². The summed E-state index contributed by atoms with van der Waals surface area (Å²) in [6, 6.07) is 6.90. The number of hydrogen-bond acceptors (Lipinski definition) is 4. The number of nitrogens with one attached hydrogen (secondary N) is 3. The van der Waals surface area contributed by atoms with Crippen molar-refractivity contribution in [2.45, 2.75) is 13.3 Å². The SMILES string of the molecule is CC(=O)Nc1ccc(C(=O)NCCCN2CCNCC2)cc1.Cl. The van der Waals surface area contributed by atoms with E-state index in [4.69, 9.17) is 0 Å². The van der Waals surface area contributed by atoms with E-state index in [9.17, 15) is 9.59 Å². The molecule has 2 amide bonds. The van der Waals surface area contributed by atoms with E-state index in [1.807, 2.05) is 0 Å². The Labute approximate surface area is 143 Å². The van der Waals surface area contributed by atoms with Crippen LogP contribution in [0.5, 0.6) is 0 Å². The van der Waals surface area contributed by atoms with Crippen molar-refractivity contribution >= 4 is 29.9 Å². The molecule has 0 atom stereocenters. The number of rotatable bonds is 6. The van der Waals surface area contributed by atoms with Crippen LogP contribution >= 0.6 is 12.4 Å². The Hall–Kier alpha value is -1.63. The summed E-state index contributed by atoms with van der Waals surface area (Å²) in [5.41, 5.74) is 1.30. The Balaban J connectivity index is 0.00000264. The minimum atomic E-state index is -0.120. The fourth-order valence-electron chi connectivity index (χ4n) is 2.45. The molecule has 2 rings (SSSR count). The van der Waals surface area contributed by atoms with Gasteiger partial charge in [0.15, 0.2) is 0 Å². The number of amides is 2. The predicted molar refractivity (Wildman–Crippen MR) is 94.3 cm³/mol. The van der Waals surface area contributed by atoms with Crippen LogP contribution < -0.4 is 16.0 Å². The second-order valence-corrected chi connectivity index (χ2v) is 5.46. The molecule has 0 radical (unpaired) electrons. The first kappa shape index (κ1) is 19.4. The molecule has 1 aromatic carbocycles. The lowest BCUT2D eigenvalue weighted by Crippen LogP contribution is -2.44. The number of halogens is 1. The van der Waals surface area contributed by atoms with E-state index in [1.54, 1.807) is 24.3 Å². The number of carbonyl (C=O) groups is 2. The van der Waals surface area contributed by atoms with E-state index >= 15 is 0 Å². The summed E-state index contributed by atoms with van der Waals surface area (Å²) in [6.45, 7) is 7.41. The molecule has 6 nitrogen and oxygen atoms in total. The van der Waals surface area contributed by atoms with Crippen molar-refractivity contribution in [1.82, 2.24) is 15.5 Å². The summed E-state index contributed by atoms with van der Waals surface area (Å²) < 4.78 is 0. The lowest BCUT2D eigenvalue weighted by molar-refractivity contribution is -0.114. The van der Waals surface area contributed by atoms with Gasteiger partial charge in [-0.3, -0.25) is 9.59 Å². The summed E-state index contributed by atoms with van der Waals surface area (Å²) in [5.74, 6) is -0.195. The Morgan fingerprint density at radius 3 is 2.43 bits per heavy atom. The van der Waals surface area contributed by atoms with Gasteiger partial charge in [0.25, 0.3) is 5.91 Å². The summed E-state index contributed by atoms with van der Waals surface area (Å²) in [6.07, 6.45) is 0.954. The van der Waals surface area contributed by atoms with E-state index in [0.29, 0.717) is 17.8 Å². The molecule has 0 aromatic heterocycles. The molecule has 0 saturated carbocycles. The number of carbonyl (C=O) groups excluding carboxylic acids is 2. The average molecular weight is 341 g/mol. The molecule has 0 aliphatic carbocycles. The van der Waals surface area contributed by atoms with Crippen molar-refractivity contribution in [2.75, 3.05) is 44.6 Å². The van der Waals surface area contributed by atoms with Gasteiger partial charge in [-0.2, -0.15) is 0 Å². The quantitative estimate of drug-likeness (QED) is 0.678. The molecule has 1 heterocycles. The van der Waals surface area contributed by atoms with Gasteiger partial charge in [-0.1, -0.05) is 0 Å². The van der Waals surface area contributed by atoms with Crippen molar-refractivity contribution in [3.05, 3.63) is 29.8 Å². The zero-order valence-electron chi connectivity index (χ0n) is 13.4. The molecule has 1 fully saturated rings. The van der Waals surface area contributed by atoms with Gasteiger partial charge in [0.2, 0.25) is 5.91 Å². The molecule has 128 valence electrons. The van der Waals surface area contributed by atoms with E-state index in [2.05, 4.69) is 20.9 Å². The highest BCUT2D eigenvalue weighted by Gasteiger charge is 2.09. The van der Waals surface area contributed by atoms with Crippen LogP contribution in [0, 0.1) is 0 Å². The molecule has 1 aromatic rings. The van der Waals surface area contributed by atoms with Crippen LogP contribution in [0.1, 0.15) is 23.7 Å². The lowest BCUT2D eigenvalue weighted by Gasteiger charge is -2.27. The maximum absolute atomic E-state index is 12.0. The van der Waals surface area contributed by atoms with Crippen molar-refractivity contribution in [1.29, 1.82) is 0 Å². The predicted octanol–water partition coefficient (Wildman–Crippen LogP) is 1.09. The first-order valence-corrected chi connectivity index (χ1v) is 7.74. The number of anilines is 1. The zero-order chi connectivity index (χ0) is 15.8. The molecule has 0 spiro atoms. The lowest BCUT2D eigenvalue weighted by atomic mass is 10.2. The van der Waals surface area contributed by atoms with Crippen LogP contribution in [0.2, 0.25) is 0 Å². The molecule has 3 N–H and O–H groups in total. The highest BCUT2D eigenvalue weighted by Crippen LogP contribution is 2.09. The fourth-order valence-corrected chi connectivity index (χ4v) is 2.45. The van der Waals surface area contributed by atoms with Gasteiger partial charge < -0.3 is 20.9 Å². The third-order valence-corrected chi connectivity index (χ3v) is 3.61. The minimum absolute atomic E-state index is 0. The van der Waals surface area contributed by atoms with Crippen LogP contribution in [0.15, 0.2) is 24.3 Å². The van der Waals surface area contributed by atoms with Crippen LogP contribution in [0.3, 0.4) is 0 Å². The smallest absolute Gasteiger partial charge is 0.251 e. The van der Waals surface area contributed by atoms with Crippen molar-refractivity contribution in [3.8, 4) is 0 Å². The van der Waals surface area contributed by atoms with Crippen LogP contribution in [-0.2, 0) is 4.79 Å². The number of benzene rings is 1. The average Bonchev–Trinajstić information content (AvgIpc) is 2.52. The Kier molecular flexibility index (Phi) is 8.61. The van der Waals surface area contributed by atoms with Crippen LogP contribution in [0.4, 0.5) is 5.69 Å². The van der Waals surface area contributed by atoms with Gasteiger partial charge >= 0.3 is 0 Å². The highest BCUT2D eigenvalue weighted by molar-refractivity contribution is 5.95. The molecule has 0 unspecified atom stereocenters. The molecule has 1 aliphatic heterocycles. The zero-order valence-corrected chi connectivity index (χ0v) is 14.2. The summed E-state index contributed by atoms with van der Waals surface area (Å²) >= 11 is 0. The summed E-state index contributed by atoms with van der Waals surface area (Å²) in [7, 11) is 0. The molecule has 1 saturated heterocycles. The topological polar surface area (TPSA) is 73.5 Å². The molecular formula is C16H25ClN4O2. The second-order valence-electron chi connectivity index (χ2n) is 5.46. The summed E-state index contributed by atoms with van der Waals surface area (Å²) in [5, 5.41) is 8.93. The third-order valence-electron chi connectivity index (χ3n) is 3.61. The highest BCUT2D eigenvalue weighted by atomic mass is 35.5. The number of piperazine rings is 1. The summed E-state index contributed by atoms with van der Waals surface area (Å²) in [4.78, 5) is 25.4. The first-order valence-electron chi connectivity index (χ1n) is 7.74. The van der Waals surface area contributed by atoms with Crippen molar-refractivity contribution in [3.63, 3.8) is 0 Å². The van der Waals surface area contributed by atoms with Gasteiger partial charge in [0.05, 0.1) is 0 Å². The monoisotopic (exact) mass is 340 g/mol. The molecule has 0 bridgehead atoms. The molecular weight excluding hydrogens is 316 g/mol. The first-order chi connectivity index (χ1) is 10.6. The minimum Gasteiger partial charge on any atom is -0.352 e. The van der Waals surface area contributed by atoms with Crippen LogP contribution in [-0.4, -0.2) is 56.0 Å².